The first-order valence-electron chi connectivity index (χ1n) is 7.91. The number of Topliss-reactive ketones (excluding diaryl/α,β-unsaturated/α-hetero) is 1. The van der Waals surface area contributed by atoms with Gasteiger partial charge in [-0.15, -0.1) is 0 Å². The number of methoxy groups -OCH3 is 1. The van der Waals surface area contributed by atoms with E-state index in [1.807, 2.05) is 6.07 Å². The minimum atomic E-state index is -0.618. The number of aromatic nitrogens is 3. The van der Waals surface area contributed by atoms with E-state index in [-0.39, 0.29) is 18.0 Å². The van der Waals surface area contributed by atoms with Crippen LogP contribution in [-0.4, -0.2) is 40.2 Å². The fraction of sp³-hybridized carbons (Fsp3) is 0.158. The Bertz CT molecular complexity index is 935. The van der Waals surface area contributed by atoms with Gasteiger partial charge in [0.25, 0.3) is 0 Å². The maximum Gasteiger partial charge on any atom is 0.342 e. The fourth-order valence-corrected chi connectivity index (χ4v) is 2.48. The summed E-state index contributed by atoms with van der Waals surface area (Å²) in [4.78, 5) is 28.8. The Labute approximate surface area is 150 Å². The minimum absolute atomic E-state index is 0.281. The minimum Gasteiger partial charge on any atom is -0.496 e. The summed E-state index contributed by atoms with van der Waals surface area (Å²) in [7, 11) is 1.48. The molecule has 0 bridgehead atoms. The Morgan fingerprint density at radius 3 is 2.58 bits per heavy atom. The number of hydrogen-bond donors (Lipinski definition) is 0. The van der Waals surface area contributed by atoms with Crippen LogP contribution < -0.4 is 4.74 Å². The van der Waals surface area contributed by atoms with E-state index in [0.717, 1.165) is 0 Å². The molecular weight excluding hydrogens is 334 g/mol. The SMILES string of the molecule is COc1ccccc1C(=O)COC(=O)c1cnn(-c2ccccn2)c1C. The lowest BCUT2D eigenvalue weighted by Crippen LogP contribution is -2.15. The second-order valence-electron chi connectivity index (χ2n) is 5.44. The molecule has 0 aliphatic rings. The predicted octanol–water partition coefficient (Wildman–Crippen LogP) is 2.62. The topological polar surface area (TPSA) is 83.3 Å². The van der Waals surface area contributed by atoms with Gasteiger partial charge >= 0.3 is 5.97 Å². The van der Waals surface area contributed by atoms with Crippen LogP contribution in [0.2, 0.25) is 0 Å². The molecule has 1 aromatic carbocycles. The molecule has 0 amide bonds. The number of ether oxygens (including phenoxy) is 2. The van der Waals surface area contributed by atoms with Crippen LogP contribution in [0.1, 0.15) is 26.4 Å². The van der Waals surface area contributed by atoms with E-state index in [4.69, 9.17) is 9.47 Å². The molecule has 0 fully saturated rings. The zero-order valence-corrected chi connectivity index (χ0v) is 14.4. The van der Waals surface area contributed by atoms with Crippen LogP contribution in [0.3, 0.4) is 0 Å². The van der Waals surface area contributed by atoms with Crippen molar-refractivity contribution in [3.63, 3.8) is 0 Å². The average molecular weight is 351 g/mol. The molecule has 0 radical (unpaired) electrons. The highest BCUT2D eigenvalue weighted by Crippen LogP contribution is 2.18. The molecule has 26 heavy (non-hydrogen) atoms. The zero-order valence-electron chi connectivity index (χ0n) is 14.4. The van der Waals surface area contributed by atoms with Crippen molar-refractivity contribution in [2.75, 3.05) is 13.7 Å². The van der Waals surface area contributed by atoms with Crippen LogP contribution in [0.25, 0.3) is 5.82 Å². The van der Waals surface area contributed by atoms with Crippen molar-refractivity contribution in [1.29, 1.82) is 0 Å². The van der Waals surface area contributed by atoms with Crippen molar-refractivity contribution in [3.8, 4) is 11.6 Å². The zero-order chi connectivity index (χ0) is 18.5. The summed E-state index contributed by atoms with van der Waals surface area (Å²) in [6.07, 6.45) is 3.04. The van der Waals surface area contributed by atoms with Crippen LogP contribution in [0.5, 0.6) is 5.75 Å². The second kappa shape index (κ2) is 7.60. The van der Waals surface area contributed by atoms with Crippen LogP contribution in [0, 0.1) is 6.92 Å². The molecule has 3 rings (SSSR count). The Kier molecular flexibility index (Phi) is 5.07. The number of rotatable bonds is 6. The number of carbonyl (C=O) groups excluding carboxylic acids is 2. The maximum atomic E-state index is 12.3. The normalized spacial score (nSPS) is 10.4. The third kappa shape index (κ3) is 3.46. The molecular formula is C19H17N3O4. The van der Waals surface area contributed by atoms with Crippen LogP contribution in [0.4, 0.5) is 0 Å². The molecule has 132 valence electrons. The average Bonchev–Trinajstić information content (AvgIpc) is 3.08. The van der Waals surface area contributed by atoms with Crippen LogP contribution in [-0.2, 0) is 4.74 Å². The predicted molar refractivity (Wildman–Crippen MR) is 93.7 cm³/mol. The lowest BCUT2D eigenvalue weighted by atomic mass is 10.1. The molecule has 2 aromatic heterocycles. The first-order valence-corrected chi connectivity index (χ1v) is 7.91. The number of carbonyl (C=O) groups is 2. The number of ketones is 1. The number of hydrogen-bond acceptors (Lipinski definition) is 6. The number of para-hydroxylation sites is 1. The third-order valence-corrected chi connectivity index (χ3v) is 3.84. The molecule has 0 spiro atoms. The van der Waals surface area contributed by atoms with Gasteiger partial charge in [0.15, 0.2) is 12.4 Å². The standard InChI is InChI=1S/C19H17N3O4/c1-13-15(11-21-22(13)18-9-5-6-10-20-18)19(24)26-12-16(23)14-7-3-4-8-17(14)25-2/h3-11H,12H2,1-2H3. The summed E-state index contributed by atoms with van der Waals surface area (Å²) in [5.41, 5.74) is 1.23. The molecule has 0 aliphatic carbocycles. The Hall–Kier alpha value is -3.48. The van der Waals surface area contributed by atoms with Crippen LogP contribution in [0.15, 0.2) is 54.9 Å². The van der Waals surface area contributed by atoms with Gasteiger partial charge in [0, 0.05) is 6.20 Å². The second-order valence-corrected chi connectivity index (χ2v) is 5.44. The van der Waals surface area contributed by atoms with Crippen molar-refractivity contribution >= 4 is 11.8 Å². The van der Waals surface area contributed by atoms with Crippen molar-refractivity contribution in [3.05, 3.63) is 71.7 Å². The summed E-state index contributed by atoms with van der Waals surface area (Å²) in [5.74, 6) is 0.0698. The Morgan fingerprint density at radius 2 is 1.85 bits per heavy atom. The molecule has 0 saturated carbocycles. The highest BCUT2D eigenvalue weighted by Gasteiger charge is 2.19. The van der Waals surface area contributed by atoms with E-state index >= 15 is 0 Å². The quantitative estimate of drug-likeness (QED) is 0.501. The van der Waals surface area contributed by atoms with E-state index in [2.05, 4.69) is 10.1 Å². The first kappa shape index (κ1) is 17.3. The molecule has 3 aromatic rings. The number of esters is 1. The van der Waals surface area contributed by atoms with E-state index in [1.165, 1.54) is 13.3 Å². The molecule has 0 saturated heterocycles. The molecule has 0 N–H and O–H groups in total. The van der Waals surface area contributed by atoms with E-state index in [0.29, 0.717) is 22.8 Å². The Balaban J connectivity index is 1.71. The highest BCUT2D eigenvalue weighted by atomic mass is 16.5. The number of benzene rings is 1. The maximum absolute atomic E-state index is 12.3. The van der Waals surface area contributed by atoms with Gasteiger partial charge in [0.05, 0.1) is 24.6 Å². The van der Waals surface area contributed by atoms with E-state index < -0.39 is 5.97 Å². The summed E-state index contributed by atoms with van der Waals surface area (Å²) in [5, 5.41) is 4.17. The van der Waals surface area contributed by atoms with Gasteiger partial charge in [0.1, 0.15) is 11.3 Å². The van der Waals surface area contributed by atoms with Gasteiger partial charge in [-0.3, -0.25) is 4.79 Å². The third-order valence-electron chi connectivity index (χ3n) is 3.84. The van der Waals surface area contributed by atoms with Crippen molar-refractivity contribution in [2.24, 2.45) is 0 Å². The Morgan fingerprint density at radius 1 is 1.08 bits per heavy atom. The van der Waals surface area contributed by atoms with Gasteiger partial charge < -0.3 is 9.47 Å². The van der Waals surface area contributed by atoms with Gasteiger partial charge in [0.2, 0.25) is 5.78 Å². The summed E-state index contributed by atoms with van der Waals surface area (Å²) in [6, 6.07) is 12.2. The number of pyridine rings is 1. The van der Waals surface area contributed by atoms with E-state index in [1.54, 1.807) is 54.2 Å². The van der Waals surface area contributed by atoms with Gasteiger partial charge in [-0.25, -0.2) is 14.5 Å². The monoisotopic (exact) mass is 351 g/mol. The molecule has 7 nitrogen and oxygen atoms in total. The smallest absolute Gasteiger partial charge is 0.342 e. The summed E-state index contributed by atoms with van der Waals surface area (Å²) >= 11 is 0. The molecule has 7 heteroatoms. The molecule has 0 atom stereocenters. The van der Waals surface area contributed by atoms with Gasteiger partial charge in [-0.05, 0) is 31.2 Å². The number of nitrogens with zero attached hydrogens (tertiary/aromatic N) is 3. The van der Waals surface area contributed by atoms with Crippen molar-refractivity contribution in [2.45, 2.75) is 6.92 Å². The lowest BCUT2D eigenvalue weighted by molar-refractivity contribution is 0.0473. The van der Waals surface area contributed by atoms with Gasteiger partial charge in [-0.2, -0.15) is 5.10 Å². The van der Waals surface area contributed by atoms with Crippen LogP contribution >= 0.6 is 0 Å². The van der Waals surface area contributed by atoms with Gasteiger partial charge in [-0.1, -0.05) is 18.2 Å². The highest BCUT2D eigenvalue weighted by molar-refractivity contribution is 6.01. The van der Waals surface area contributed by atoms with Crippen molar-refractivity contribution < 1.29 is 19.1 Å². The van der Waals surface area contributed by atoms with E-state index in [9.17, 15) is 9.59 Å². The lowest BCUT2D eigenvalue weighted by Gasteiger charge is -2.08. The largest absolute Gasteiger partial charge is 0.496 e. The molecule has 2 heterocycles. The summed E-state index contributed by atoms with van der Waals surface area (Å²) in [6.45, 7) is 1.35. The summed E-state index contributed by atoms with van der Waals surface area (Å²) < 4.78 is 11.8. The van der Waals surface area contributed by atoms with Crippen molar-refractivity contribution in [1.82, 2.24) is 14.8 Å². The first-order chi connectivity index (χ1) is 12.6. The fourth-order valence-electron chi connectivity index (χ4n) is 2.48. The molecule has 0 unspecified atom stereocenters. The molecule has 0 aliphatic heterocycles.